The molecule has 0 spiro atoms. The molecule has 20 heavy (non-hydrogen) atoms. The summed E-state index contributed by atoms with van der Waals surface area (Å²) in [6, 6.07) is 6.20. The minimum atomic E-state index is 0.252. The molecule has 1 unspecified atom stereocenters. The van der Waals surface area contributed by atoms with Gasteiger partial charge in [0.25, 0.3) is 0 Å². The first-order valence-electron chi connectivity index (χ1n) is 6.54. The standard InChI is InChI=1S/C14H15N5S/c1-3-10(15-2)14-19-18-13(20-14)9-5-4-6-11-12(9)17-8-7-16-11/h4-8,10,15H,3H2,1-2H3. The second-order valence-corrected chi connectivity index (χ2v) is 5.43. The zero-order chi connectivity index (χ0) is 13.9. The molecule has 2 heterocycles. The maximum atomic E-state index is 4.41. The van der Waals surface area contributed by atoms with Gasteiger partial charge in [-0.2, -0.15) is 0 Å². The Morgan fingerprint density at radius 3 is 2.85 bits per heavy atom. The van der Waals surface area contributed by atoms with E-state index in [-0.39, 0.29) is 6.04 Å². The number of hydrogen-bond donors (Lipinski definition) is 1. The summed E-state index contributed by atoms with van der Waals surface area (Å²) in [4.78, 5) is 8.74. The van der Waals surface area contributed by atoms with Gasteiger partial charge in [0, 0.05) is 18.0 Å². The monoisotopic (exact) mass is 285 g/mol. The molecule has 3 aromatic rings. The Hall–Kier alpha value is -1.92. The Labute approximate surface area is 121 Å². The molecule has 5 nitrogen and oxygen atoms in total. The second kappa shape index (κ2) is 5.60. The van der Waals surface area contributed by atoms with E-state index in [4.69, 9.17) is 0 Å². The molecule has 1 N–H and O–H groups in total. The molecule has 0 aliphatic rings. The molecule has 0 fully saturated rings. The van der Waals surface area contributed by atoms with Gasteiger partial charge in [-0.05, 0) is 25.6 Å². The van der Waals surface area contributed by atoms with Gasteiger partial charge in [0.05, 0.1) is 17.1 Å². The zero-order valence-electron chi connectivity index (χ0n) is 11.4. The van der Waals surface area contributed by atoms with Crippen LogP contribution in [-0.2, 0) is 0 Å². The van der Waals surface area contributed by atoms with Crippen molar-refractivity contribution >= 4 is 22.4 Å². The van der Waals surface area contributed by atoms with E-state index in [1.807, 2.05) is 25.2 Å². The van der Waals surface area contributed by atoms with Crippen molar-refractivity contribution in [1.29, 1.82) is 0 Å². The van der Waals surface area contributed by atoms with E-state index in [0.717, 1.165) is 33.0 Å². The zero-order valence-corrected chi connectivity index (χ0v) is 12.2. The summed E-state index contributed by atoms with van der Waals surface area (Å²) in [5.74, 6) is 0. The minimum absolute atomic E-state index is 0.252. The molecule has 102 valence electrons. The first-order valence-corrected chi connectivity index (χ1v) is 7.36. The summed E-state index contributed by atoms with van der Waals surface area (Å²) in [5.41, 5.74) is 2.74. The quantitative estimate of drug-likeness (QED) is 0.798. The van der Waals surface area contributed by atoms with Crippen molar-refractivity contribution in [2.24, 2.45) is 0 Å². The highest BCUT2D eigenvalue weighted by atomic mass is 32.1. The number of para-hydroxylation sites is 1. The van der Waals surface area contributed by atoms with Crippen molar-refractivity contribution in [2.45, 2.75) is 19.4 Å². The third-order valence-electron chi connectivity index (χ3n) is 3.22. The molecular formula is C14H15N5S. The number of benzene rings is 1. The summed E-state index contributed by atoms with van der Waals surface area (Å²) in [5, 5.41) is 13.8. The van der Waals surface area contributed by atoms with E-state index in [1.54, 1.807) is 23.7 Å². The van der Waals surface area contributed by atoms with Gasteiger partial charge < -0.3 is 5.32 Å². The minimum Gasteiger partial charge on any atom is -0.311 e. The number of hydrogen-bond acceptors (Lipinski definition) is 6. The lowest BCUT2D eigenvalue weighted by Crippen LogP contribution is -2.14. The Kier molecular flexibility index (Phi) is 3.66. The summed E-state index contributed by atoms with van der Waals surface area (Å²) in [6.07, 6.45) is 4.39. The van der Waals surface area contributed by atoms with Crippen LogP contribution >= 0.6 is 11.3 Å². The predicted octanol–water partition coefficient (Wildman–Crippen LogP) is 2.82. The van der Waals surface area contributed by atoms with Crippen molar-refractivity contribution in [3.05, 3.63) is 35.6 Å². The number of nitrogens with one attached hydrogen (secondary N) is 1. The van der Waals surface area contributed by atoms with E-state index in [9.17, 15) is 0 Å². The molecule has 1 aromatic carbocycles. The highest BCUT2D eigenvalue weighted by Gasteiger charge is 2.15. The second-order valence-electron chi connectivity index (χ2n) is 4.42. The lowest BCUT2D eigenvalue weighted by Gasteiger charge is -2.08. The van der Waals surface area contributed by atoms with Crippen LogP contribution in [0.15, 0.2) is 30.6 Å². The van der Waals surface area contributed by atoms with Crippen LogP contribution in [0.3, 0.4) is 0 Å². The maximum absolute atomic E-state index is 4.41. The van der Waals surface area contributed by atoms with Crippen LogP contribution in [0.25, 0.3) is 21.6 Å². The topological polar surface area (TPSA) is 63.6 Å². The third-order valence-corrected chi connectivity index (χ3v) is 4.29. The van der Waals surface area contributed by atoms with Crippen LogP contribution in [0.5, 0.6) is 0 Å². The van der Waals surface area contributed by atoms with Crippen molar-refractivity contribution in [2.75, 3.05) is 7.05 Å². The van der Waals surface area contributed by atoms with Gasteiger partial charge in [0.2, 0.25) is 0 Å². The van der Waals surface area contributed by atoms with E-state index < -0.39 is 0 Å². The molecule has 0 saturated carbocycles. The van der Waals surface area contributed by atoms with Crippen LogP contribution in [0.4, 0.5) is 0 Å². The van der Waals surface area contributed by atoms with Crippen molar-refractivity contribution in [3.63, 3.8) is 0 Å². The smallest absolute Gasteiger partial charge is 0.150 e. The SMILES string of the molecule is CCC(NC)c1nnc(-c2cccc3nccnc23)s1. The number of rotatable bonds is 4. The molecule has 3 rings (SSSR count). The number of nitrogens with zero attached hydrogens (tertiary/aromatic N) is 4. The maximum Gasteiger partial charge on any atom is 0.150 e. The van der Waals surface area contributed by atoms with Gasteiger partial charge in [-0.25, -0.2) is 0 Å². The van der Waals surface area contributed by atoms with E-state index in [2.05, 4.69) is 32.4 Å². The van der Waals surface area contributed by atoms with E-state index in [1.165, 1.54) is 0 Å². The van der Waals surface area contributed by atoms with Gasteiger partial charge >= 0.3 is 0 Å². The summed E-state index contributed by atoms with van der Waals surface area (Å²) < 4.78 is 0. The molecule has 0 bridgehead atoms. The van der Waals surface area contributed by atoms with Gasteiger partial charge in [-0.1, -0.05) is 24.3 Å². The molecule has 6 heteroatoms. The molecule has 2 aromatic heterocycles. The highest BCUT2D eigenvalue weighted by molar-refractivity contribution is 7.14. The van der Waals surface area contributed by atoms with Crippen LogP contribution < -0.4 is 5.32 Å². The third kappa shape index (κ3) is 2.28. The van der Waals surface area contributed by atoms with Crippen LogP contribution in [0, 0.1) is 0 Å². The Morgan fingerprint density at radius 2 is 2.05 bits per heavy atom. The van der Waals surface area contributed by atoms with Gasteiger partial charge in [-0.3, -0.25) is 9.97 Å². The largest absolute Gasteiger partial charge is 0.311 e. The fourth-order valence-electron chi connectivity index (χ4n) is 2.15. The molecular weight excluding hydrogens is 270 g/mol. The van der Waals surface area contributed by atoms with Crippen LogP contribution in [-0.4, -0.2) is 27.2 Å². The van der Waals surface area contributed by atoms with Gasteiger partial charge in [0.15, 0.2) is 0 Å². The van der Waals surface area contributed by atoms with Crippen molar-refractivity contribution in [3.8, 4) is 10.6 Å². The first kappa shape index (κ1) is 13.1. The summed E-state index contributed by atoms with van der Waals surface area (Å²) in [6.45, 7) is 2.13. The lowest BCUT2D eigenvalue weighted by atomic mass is 10.2. The van der Waals surface area contributed by atoms with Gasteiger partial charge in [0.1, 0.15) is 10.0 Å². The Balaban J connectivity index is 2.08. The van der Waals surface area contributed by atoms with E-state index >= 15 is 0 Å². The highest BCUT2D eigenvalue weighted by Crippen LogP contribution is 2.31. The predicted molar refractivity (Wildman–Crippen MR) is 80.5 cm³/mol. The molecule has 0 saturated heterocycles. The van der Waals surface area contributed by atoms with E-state index in [0.29, 0.717) is 0 Å². The average Bonchev–Trinajstić information content (AvgIpc) is 2.97. The van der Waals surface area contributed by atoms with Crippen LogP contribution in [0.1, 0.15) is 24.4 Å². The molecule has 0 aliphatic heterocycles. The summed E-state index contributed by atoms with van der Waals surface area (Å²) in [7, 11) is 1.94. The number of aromatic nitrogens is 4. The molecule has 0 aliphatic carbocycles. The first-order chi connectivity index (χ1) is 9.83. The Bertz CT molecular complexity index is 715. The molecule has 1 atom stereocenters. The molecule has 0 amide bonds. The Morgan fingerprint density at radius 1 is 1.20 bits per heavy atom. The normalized spacial score (nSPS) is 12.7. The fraction of sp³-hybridized carbons (Fsp3) is 0.286. The van der Waals surface area contributed by atoms with Gasteiger partial charge in [-0.15, -0.1) is 10.2 Å². The molecule has 0 radical (unpaired) electrons. The summed E-state index contributed by atoms with van der Waals surface area (Å²) >= 11 is 1.61. The van der Waals surface area contributed by atoms with Crippen molar-refractivity contribution < 1.29 is 0 Å². The fourth-order valence-corrected chi connectivity index (χ4v) is 3.21. The average molecular weight is 285 g/mol. The van der Waals surface area contributed by atoms with Crippen LogP contribution in [0.2, 0.25) is 0 Å². The lowest BCUT2D eigenvalue weighted by molar-refractivity contribution is 0.568. The van der Waals surface area contributed by atoms with Crippen molar-refractivity contribution in [1.82, 2.24) is 25.5 Å². The number of fused-ring (bicyclic) bond motifs is 1.